The summed E-state index contributed by atoms with van der Waals surface area (Å²) in [4.78, 5) is 26.7. The molecule has 0 spiro atoms. The summed E-state index contributed by atoms with van der Waals surface area (Å²) in [5, 5.41) is 2.82. The van der Waals surface area contributed by atoms with Crippen LogP contribution in [0.4, 0.5) is 4.39 Å². The number of aryl methyl sites for hydroxylation is 1. The van der Waals surface area contributed by atoms with Crippen LogP contribution < -0.4 is 5.32 Å². The summed E-state index contributed by atoms with van der Waals surface area (Å²) < 4.78 is 13.6. The fourth-order valence-electron chi connectivity index (χ4n) is 3.87. The van der Waals surface area contributed by atoms with Gasteiger partial charge in [0.05, 0.1) is 29.2 Å². The minimum Gasteiger partial charge on any atom is -0.350 e. The summed E-state index contributed by atoms with van der Waals surface area (Å²) in [6, 6.07) is 11.0. The van der Waals surface area contributed by atoms with Gasteiger partial charge in [-0.15, -0.1) is 0 Å². The second-order valence-electron chi connectivity index (χ2n) is 7.59. The number of unbranched alkanes of at least 4 members (excludes halogenated alkanes) is 1. The number of para-hydroxylation sites is 2. The van der Waals surface area contributed by atoms with Crippen LogP contribution in [0.3, 0.4) is 0 Å². The van der Waals surface area contributed by atoms with Crippen molar-refractivity contribution >= 4 is 16.9 Å². The number of benzene rings is 1. The highest BCUT2D eigenvalue weighted by molar-refractivity contribution is 5.79. The van der Waals surface area contributed by atoms with E-state index in [1.54, 1.807) is 6.07 Å². The van der Waals surface area contributed by atoms with Crippen LogP contribution >= 0.6 is 0 Å². The van der Waals surface area contributed by atoms with Crippen molar-refractivity contribution in [2.24, 2.45) is 5.92 Å². The highest BCUT2D eigenvalue weighted by Gasteiger charge is 2.27. The lowest BCUT2D eigenvalue weighted by molar-refractivity contribution is -0.124. The minimum atomic E-state index is -0.384. The van der Waals surface area contributed by atoms with Gasteiger partial charge >= 0.3 is 0 Å². The molecule has 3 heterocycles. The van der Waals surface area contributed by atoms with Gasteiger partial charge in [0.25, 0.3) is 0 Å². The first-order valence-electron chi connectivity index (χ1n) is 10.2. The summed E-state index contributed by atoms with van der Waals surface area (Å²) in [6.07, 6.45) is 5.45. The first-order chi connectivity index (χ1) is 14.2. The second-order valence-corrected chi connectivity index (χ2v) is 7.59. The summed E-state index contributed by atoms with van der Waals surface area (Å²) >= 11 is 0. The molecule has 0 saturated carbocycles. The number of nitrogens with zero attached hydrogens (tertiary/aromatic N) is 3. The van der Waals surface area contributed by atoms with Gasteiger partial charge in [-0.05, 0) is 56.6 Å². The van der Waals surface area contributed by atoms with Crippen LogP contribution in [0.25, 0.3) is 11.0 Å². The molecule has 3 aromatic rings. The molecular weight excluding hydrogens is 369 g/mol. The molecule has 29 heavy (non-hydrogen) atoms. The molecule has 1 aliphatic rings. The third-order valence-electron chi connectivity index (χ3n) is 5.48. The fourth-order valence-corrected chi connectivity index (χ4v) is 3.87. The molecule has 2 N–H and O–H groups in total. The first kappa shape index (κ1) is 19.5. The molecule has 1 atom stereocenters. The zero-order valence-electron chi connectivity index (χ0n) is 16.4. The average molecular weight is 395 g/mol. The van der Waals surface area contributed by atoms with E-state index in [0.29, 0.717) is 0 Å². The van der Waals surface area contributed by atoms with Gasteiger partial charge in [-0.2, -0.15) is 0 Å². The normalized spacial score (nSPS) is 17.1. The number of pyridine rings is 1. The molecule has 4 rings (SSSR count). The van der Waals surface area contributed by atoms with Gasteiger partial charge in [0.15, 0.2) is 0 Å². The van der Waals surface area contributed by atoms with Gasteiger partial charge in [0.1, 0.15) is 11.6 Å². The minimum absolute atomic E-state index is 0.0140. The van der Waals surface area contributed by atoms with Crippen molar-refractivity contribution in [1.29, 1.82) is 0 Å². The number of amides is 1. The van der Waals surface area contributed by atoms with E-state index < -0.39 is 0 Å². The third kappa shape index (κ3) is 4.98. The standard InChI is InChI=1S/C22H26FN5O/c23-17-6-5-11-24-20(17)14-25-22(29)16-10-13-28(15-16)12-4-3-9-21-26-18-7-1-2-8-19(18)27-21/h1-2,5-8,11,16H,3-4,9-10,12-15H2,(H,25,29)(H,26,27). The Balaban J connectivity index is 1.16. The van der Waals surface area contributed by atoms with Crippen molar-refractivity contribution in [3.8, 4) is 0 Å². The van der Waals surface area contributed by atoms with Crippen LogP contribution in [-0.2, 0) is 17.8 Å². The Hall–Kier alpha value is -2.80. The number of carbonyl (C=O) groups excluding carboxylic acids is 1. The Morgan fingerprint density at radius 3 is 3.00 bits per heavy atom. The van der Waals surface area contributed by atoms with E-state index in [2.05, 4.69) is 25.2 Å². The maximum absolute atomic E-state index is 13.6. The number of aromatic amines is 1. The van der Waals surface area contributed by atoms with E-state index >= 15 is 0 Å². The third-order valence-corrected chi connectivity index (χ3v) is 5.48. The predicted molar refractivity (Wildman–Crippen MR) is 110 cm³/mol. The Morgan fingerprint density at radius 1 is 1.24 bits per heavy atom. The average Bonchev–Trinajstić information content (AvgIpc) is 3.37. The van der Waals surface area contributed by atoms with Gasteiger partial charge in [0, 0.05) is 19.2 Å². The monoisotopic (exact) mass is 395 g/mol. The molecule has 1 amide bonds. The quantitative estimate of drug-likeness (QED) is 0.575. The highest BCUT2D eigenvalue weighted by Crippen LogP contribution is 2.18. The van der Waals surface area contributed by atoms with E-state index in [0.717, 1.165) is 62.2 Å². The second kappa shape index (κ2) is 9.13. The fraction of sp³-hybridized carbons (Fsp3) is 0.409. The number of halogens is 1. The molecule has 6 nitrogen and oxygen atoms in total. The molecule has 152 valence electrons. The van der Waals surface area contributed by atoms with Crippen LogP contribution in [-0.4, -0.2) is 45.4 Å². The van der Waals surface area contributed by atoms with Crippen molar-refractivity contribution in [2.45, 2.75) is 32.2 Å². The van der Waals surface area contributed by atoms with Gasteiger partial charge in [-0.3, -0.25) is 9.78 Å². The molecule has 0 aliphatic carbocycles. The maximum Gasteiger partial charge on any atom is 0.224 e. The number of fused-ring (bicyclic) bond motifs is 1. The molecule has 1 aromatic carbocycles. The molecule has 1 aliphatic heterocycles. The van der Waals surface area contributed by atoms with Crippen molar-refractivity contribution in [3.05, 3.63) is 59.9 Å². The molecule has 1 saturated heterocycles. The van der Waals surface area contributed by atoms with E-state index in [4.69, 9.17) is 0 Å². The number of rotatable bonds is 8. The number of carbonyl (C=O) groups is 1. The number of aromatic nitrogens is 3. The largest absolute Gasteiger partial charge is 0.350 e. The predicted octanol–water partition coefficient (Wildman–Crippen LogP) is 3.06. The lowest BCUT2D eigenvalue weighted by Crippen LogP contribution is -2.33. The Morgan fingerprint density at radius 2 is 2.14 bits per heavy atom. The number of imidazole rings is 1. The van der Waals surface area contributed by atoms with Crippen molar-refractivity contribution < 1.29 is 9.18 Å². The zero-order valence-corrected chi connectivity index (χ0v) is 16.4. The van der Waals surface area contributed by atoms with Crippen molar-refractivity contribution in [3.63, 3.8) is 0 Å². The van der Waals surface area contributed by atoms with Crippen LogP contribution in [0.5, 0.6) is 0 Å². The highest BCUT2D eigenvalue weighted by atomic mass is 19.1. The SMILES string of the molecule is O=C(NCc1ncccc1F)C1CCN(CCCCc2nc3ccccc3[nH]2)C1. The topological polar surface area (TPSA) is 73.9 Å². The number of likely N-dealkylation sites (tertiary alicyclic amines) is 1. The van der Waals surface area contributed by atoms with Crippen LogP contribution in [0.15, 0.2) is 42.6 Å². The van der Waals surface area contributed by atoms with Gasteiger partial charge < -0.3 is 15.2 Å². The van der Waals surface area contributed by atoms with E-state index in [9.17, 15) is 9.18 Å². The molecule has 1 unspecified atom stereocenters. The summed E-state index contributed by atoms with van der Waals surface area (Å²) in [5.74, 6) is 0.605. The molecule has 0 radical (unpaired) electrons. The van der Waals surface area contributed by atoms with E-state index in [1.807, 2.05) is 24.3 Å². The van der Waals surface area contributed by atoms with Crippen molar-refractivity contribution in [1.82, 2.24) is 25.2 Å². The lowest BCUT2D eigenvalue weighted by atomic mass is 10.1. The number of hydrogen-bond acceptors (Lipinski definition) is 4. The van der Waals surface area contributed by atoms with Gasteiger partial charge in [-0.1, -0.05) is 12.1 Å². The number of hydrogen-bond donors (Lipinski definition) is 2. The van der Waals surface area contributed by atoms with Gasteiger partial charge in [-0.25, -0.2) is 9.37 Å². The molecule has 7 heteroatoms. The maximum atomic E-state index is 13.6. The molecule has 0 bridgehead atoms. The zero-order chi connectivity index (χ0) is 20.1. The summed E-state index contributed by atoms with van der Waals surface area (Å²) in [6.45, 7) is 2.82. The summed E-state index contributed by atoms with van der Waals surface area (Å²) in [5.41, 5.74) is 2.38. The molecule has 1 fully saturated rings. The first-order valence-corrected chi connectivity index (χ1v) is 10.2. The van der Waals surface area contributed by atoms with Crippen molar-refractivity contribution in [2.75, 3.05) is 19.6 Å². The van der Waals surface area contributed by atoms with Crippen LogP contribution in [0.2, 0.25) is 0 Å². The molecular formula is C22H26FN5O. The van der Waals surface area contributed by atoms with E-state index in [1.165, 1.54) is 12.3 Å². The van der Waals surface area contributed by atoms with Crippen LogP contribution in [0, 0.1) is 11.7 Å². The number of nitrogens with one attached hydrogen (secondary N) is 2. The van der Waals surface area contributed by atoms with Crippen LogP contribution in [0.1, 0.15) is 30.8 Å². The molecule has 2 aromatic heterocycles. The smallest absolute Gasteiger partial charge is 0.224 e. The Labute approximate surface area is 169 Å². The Kier molecular flexibility index (Phi) is 6.14. The summed E-state index contributed by atoms with van der Waals surface area (Å²) in [7, 11) is 0. The van der Waals surface area contributed by atoms with Gasteiger partial charge in [0.2, 0.25) is 5.91 Å². The van der Waals surface area contributed by atoms with E-state index in [-0.39, 0.29) is 29.9 Å². The lowest BCUT2D eigenvalue weighted by Gasteiger charge is -2.15. The number of H-pyrrole nitrogens is 1. The Bertz CT molecular complexity index is 940.